The first-order chi connectivity index (χ1) is 10.3. The van der Waals surface area contributed by atoms with Gasteiger partial charge in [0, 0.05) is 12.5 Å². The van der Waals surface area contributed by atoms with Gasteiger partial charge in [-0.15, -0.1) is 0 Å². The second-order valence-corrected chi connectivity index (χ2v) is 5.59. The van der Waals surface area contributed by atoms with Crippen LogP contribution in [0.3, 0.4) is 0 Å². The molecule has 0 atom stereocenters. The third-order valence-electron chi connectivity index (χ3n) is 4.48. The van der Waals surface area contributed by atoms with Gasteiger partial charge in [-0.1, -0.05) is 24.3 Å². The van der Waals surface area contributed by atoms with E-state index < -0.39 is 0 Å². The molecule has 1 aliphatic heterocycles. The molecule has 106 valence electrons. The maximum Gasteiger partial charge on any atom is 0.259 e. The Hall–Kier alpha value is -2.29. The van der Waals surface area contributed by atoms with Crippen LogP contribution in [0.1, 0.15) is 17.8 Å². The number of hydrogen-bond donors (Lipinski definition) is 0. The Balaban J connectivity index is 2.11. The van der Waals surface area contributed by atoms with Gasteiger partial charge >= 0.3 is 0 Å². The molecule has 0 radical (unpaired) electrons. The van der Waals surface area contributed by atoms with Crippen LogP contribution in [-0.4, -0.2) is 11.7 Å². The standard InChI is InChI=1S/C18H19N2O/c1-13-19-12-6-8-14-7-5-10-16(18(14)19)20(13)15-9-3-4-11-17(15)21-2/h3-5,7,9-11H,6,8,12H2,1-2H3/q+1. The molecule has 4 rings (SSSR count). The van der Waals surface area contributed by atoms with E-state index in [1.165, 1.54) is 35.3 Å². The first-order valence-electron chi connectivity index (χ1n) is 7.47. The quantitative estimate of drug-likeness (QED) is 0.659. The molecule has 3 heteroatoms. The summed E-state index contributed by atoms with van der Waals surface area (Å²) in [6.07, 6.45) is 2.39. The van der Waals surface area contributed by atoms with Crippen LogP contribution in [-0.2, 0) is 13.0 Å². The molecular weight excluding hydrogens is 260 g/mol. The molecule has 3 aromatic rings. The van der Waals surface area contributed by atoms with Crippen molar-refractivity contribution in [1.82, 2.24) is 4.57 Å². The molecule has 2 heterocycles. The summed E-state index contributed by atoms with van der Waals surface area (Å²) in [7, 11) is 1.73. The molecule has 0 bridgehead atoms. The molecule has 0 N–H and O–H groups in total. The fourth-order valence-corrected chi connectivity index (χ4v) is 3.55. The fourth-order valence-electron chi connectivity index (χ4n) is 3.55. The van der Waals surface area contributed by atoms with Crippen molar-refractivity contribution < 1.29 is 9.30 Å². The molecule has 0 aliphatic carbocycles. The third kappa shape index (κ3) is 1.70. The summed E-state index contributed by atoms with van der Waals surface area (Å²) < 4.78 is 10.3. The minimum Gasteiger partial charge on any atom is -0.492 e. The Bertz CT molecular complexity index is 833. The number of para-hydroxylation sites is 3. The minimum absolute atomic E-state index is 0.911. The van der Waals surface area contributed by atoms with Crippen LogP contribution in [0.4, 0.5) is 0 Å². The summed E-state index contributed by atoms with van der Waals surface area (Å²) >= 11 is 0. The Morgan fingerprint density at radius 2 is 1.95 bits per heavy atom. The average Bonchev–Trinajstić information content (AvgIpc) is 2.82. The smallest absolute Gasteiger partial charge is 0.259 e. The van der Waals surface area contributed by atoms with E-state index in [-0.39, 0.29) is 0 Å². The number of aryl methyl sites for hydroxylation is 2. The number of hydrogen-bond acceptors (Lipinski definition) is 1. The zero-order valence-corrected chi connectivity index (χ0v) is 12.5. The maximum absolute atomic E-state index is 5.56. The van der Waals surface area contributed by atoms with E-state index in [4.69, 9.17) is 4.74 Å². The van der Waals surface area contributed by atoms with E-state index in [2.05, 4.69) is 46.4 Å². The van der Waals surface area contributed by atoms with E-state index in [0.717, 1.165) is 18.0 Å². The zero-order valence-electron chi connectivity index (χ0n) is 12.5. The number of methoxy groups -OCH3 is 1. The van der Waals surface area contributed by atoms with Crippen molar-refractivity contribution in [1.29, 1.82) is 0 Å². The summed E-state index contributed by atoms with van der Waals surface area (Å²) in [6, 6.07) is 14.9. The van der Waals surface area contributed by atoms with E-state index in [1.54, 1.807) is 7.11 Å². The summed E-state index contributed by atoms with van der Waals surface area (Å²) in [5.74, 6) is 2.18. The van der Waals surface area contributed by atoms with E-state index in [0.29, 0.717) is 0 Å². The van der Waals surface area contributed by atoms with Gasteiger partial charge in [0.1, 0.15) is 0 Å². The van der Waals surface area contributed by atoms with Gasteiger partial charge < -0.3 is 4.74 Å². The predicted octanol–water partition coefficient (Wildman–Crippen LogP) is 3.18. The highest BCUT2D eigenvalue weighted by molar-refractivity contribution is 5.79. The highest BCUT2D eigenvalue weighted by Crippen LogP contribution is 2.30. The topological polar surface area (TPSA) is 18.0 Å². The monoisotopic (exact) mass is 279 g/mol. The van der Waals surface area contributed by atoms with Gasteiger partial charge in [0.2, 0.25) is 0 Å². The number of aromatic nitrogens is 2. The van der Waals surface area contributed by atoms with Crippen molar-refractivity contribution in [3.63, 3.8) is 0 Å². The van der Waals surface area contributed by atoms with Crippen LogP contribution in [0.5, 0.6) is 5.75 Å². The van der Waals surface area contributed by atoms with Gasteiger partial charge in [-0.25, -0.2) is 4.57 Å². The van der Waals surface area contributed by atoms with Crippen molar-refractivity contribution in [3.05, 3.63) is 53.9 Å². The van der Waals surface area contributed by atoms with Crippen LogP contribution in [0, 0.1) is 6.92 Å². The largest absolute Gasteiger partial charge is 0.492 e. The lowest BCUT2D eigenvalue weighted by molar-refractivity contribution is -0.681. The number of nitrogens with zero attached hydrogens (tertiary/aromatic N) is 2. The number of ether oxygens (including phenoxy) is 1. The summed E-state index contributed by atoms with van der Waals surface area (Å²) in [6.45, 7) is 3.29. The van der Waals surface area contributed by atoms with Crippen LogP contribution in [0.25, 0.3) is 16.7 Å². The van der Waals surface area contributed by atoms with Crippen LogP contribution < -0.4 is 9.30 Å². The van der Waals surface area contributed by atoms with Gasteiger partial charge in [-0.3, -0.25) is 0 Å². The first kappa shape index (κ1) is 12.5. The van der Waals surface area contributed by atoms with Crippen LogP contribution in [0.15, 0.2) is 42.5 Å². The average molecular weight is 279 g/mol. The van der Waals surface area contributed by atoms with Crippen LogP contribution in [0.2, 0.25) is 0 Å². The maximum atomic E-state index is 5.56. The Morgan fingerprint density at radius 1 is 1.10 bits per heavy atom. The lowest BCUT2D eigenvalue weighted by Gasteiger charge is -2.09. The normalized spacial score (nSPS) is 13.6. The molecule has 3 nitrogen and oxygen atoms in total. The molecule has 0 saturated carbocycles. The third-order valence-corrected chi connectivity index (χ3v) is 4.48. The Morgan fingerprint density at radius 3 is 2.81 bits per heavy atom. The fraction of sp³-hybridized carbons (Fsp3) is 0.278. The second-order valence-electron chi connectivity index (χ2n) is 5.59. The summed E-state index contributed by atoms with van der Waals surface area (Å²) in [5, 5.41) is 0. The predicted molar refractivity (Wildman–Crippen MR) is 83.1 cm³/mol. The van der Waals surface area contributed by atoms with E-state index in [9.17, 15) is 0 Å². The lowest BCUT2D eigenvalue weighted by Crippen LogP contribution is -2.39. The molecule has 0 amide bonds. The zero-order chi connectivity index (χ0) is 14.4. The van der Waals surface area contributed by atoms with Gasteiger partial charge in [0.15, 0.2) is 22.5 Å². The molecule has 21 heavy (non-hydrogen) atoms. The number of rotatable bonds is 2. The number of imidazole rings is 1. The molecule has 1 aliphatic rings. The number of benzene rings is 2. The lowest BCUT2D eigenvalue weighted by atomic mass is 10.0. The summed E-state index contributed by atoms with van der Waals surface area (Å²) in [4.78, 5) is 0. The van der Waals surface area contributed by atoms with Gasteiger partial charge in [0.25, 0.3) is 5.82 Å². The first-order valence-corrected chi connectivity index (χ1v) is 7.47. The Kier molecular flexibility index (Phi) is 2.74. The molecule has 1 aromatic heterocycles. The van der Waals surface area contributed by atoms with Crippen LogP contribution >= 0.6 is 0 Å². The SMILES string of the molecule is COc1ccccc1-n1c(C)[n+]2c3c(cccc31)CCC2. The highest BCUT2D eigenvalue weighted by atomic mass is 16.5. The van der Waals surface area contributed by atoms with Gasteiger partial charge in [-0.05, 0) is 31.0 Å². The van der Waals surface area contributed by atoms with Crippen molar-refractivity contribution in [2.45, 2.75) is 26.3 Å². The summed E-state index contributed by atoms with van der Waals surface area (Å²) in [5.41, 5.74) is 5.22. The van der Waals surface area contributed by atoms with Gasteiger partial charge in [-0.2, -0.15) is 4.57 Å². The molecule has 0 saturated heterocycles. The Labute approximate surface area is 124 Å². The van der Waals surface area contributed by atoms with Crippen molar-refractivity contribution in [2.75, 3.05) is 7.11 Å². The van der Waals surface area contributed by atoms with E-state index in [1.807, 2.05) is 12.1 Å². The molecule has 0 fully saturated rings. The molecular formula is C18H19N2O+. The molecule has 0 spiro atoms. The van der Waals surface area contributed by atoms with Crippen molar-refractivity contribution in [2.24, 2.45) is 0 Å². The van der Waals surface area contributed by atoms with Crippen molar-refractivity contribution >= 4 is 11.0 Å². The van der Waals surface area contributed by atoms with Crippen molar-refractivity contribution in [3.8, 4) is 11.4 Å². The molecule has 0 unspecified atom stereocenters. The second kappa shape index (κ2) is 4.62. The highest BCUT2D eigenvalue weighted by Gasteiger charge is 2.28. The van der Waals surface area contributed by atoms with Gasteiger partial charge in [0.05, 0.1) is 13.7 Å². The molecule has 2 aromatic carbocycles. The van der Waals surface area contributed by atoms with E-state index >= 15 is 0 Å². The minimum atomic E-state index is 0.911.